The number of thiophene rings is 2. The molecule has 200 valence electrons. The number of rotatable bonds is 2. The molecule has 6 aromatic carbocycles. The fourth-order valence-electron chi connectivity index (χ4n) is 6.67. The molecule has 4 aromatic heterocycles. The largest absolute Gasteiger partial charge is 0.292 e. The summed E-state index contributed by atoms with van der Waals surface area (Å²) in [6.07, 6.45) is 0. The van der Waals surface area contributed by atoms with Gasteiger partial charge in [-0.1, -0.05) is 97.1 Å². The van der Waals surface area contributed by atoms with E-state index in [1.165, 1.54) is 46.4 Å². The second kappa shape index (κ2) is 8.71. The van der Waals surface area contributed by atoms with Crippen LogP contribution >= 0.6 is 22.7 Å². The number of nitrogens with zero attached hydrogens (tertiary/aromatic N) is 3. The maximum atomic E-state index is 5.54. The van der Waals surface area contributed by atoms with Gasteiger partial charge in [0.05, 0.1) is 11.0 Å². The summed E-state index contributed by atoms with van der Waals surface area (Å²) in [7, 11) is 0. The van der Waals surface area contributed by atoms with E-state index in [2.05, 4.69) is 132 Å². The molecule has 0 unspecified atom stereocenters. The zero-order valence-electron chi connectivity index (χ0n) is 22.8. The third kappa shape index (κ3) is 3.29. The predicted molar refractivity (Wildman–Crippen MR) is 185 cm³/mol. The second-order valence-electron chi connectivity index (χ2n) is 11.0. The van der Waals surface area contributed by atoms with Gasteiger partial charge in [0.1, 0.15) is 16.0 Å². The summed E-state index contributed by atoms with van der Waals surface area (Å²) < 4.78 is 6.07. The molecule has 0 spiro atoms. The molecule has 0 saturated heterocycles. The molecule has 5 heteroatoms. The molecule has 0 amide bonds. The molecule has 0 bridgehead atoms. The highest BCUT2D eigenvalue weighted by atomic mass is 32.1. The van der Waals surface area contributed by atoms with E-state index in [1.54, 1.807) is 11.3 Å². The molecular weight excluding hydrogens is 563 g/mol. The normalized spacial score (nSPS) is 12.2. The maximum absolute atomic E-state index is 5.54. The quantitative estimate of drug-likeness (QED) is 0.203. The molecule has 0 saturated carbocycles. The smallest absolute Gasteiger partial charge is 0.165 e. The Kier molecular flexibility index (Phi) is 4.75. The van der Waals surface area contributed by atoms with E-state index in [0.717, 1.165) is 43.8 Å². The van der Waals surface area contributed by atoms with Gasteiger partial charge in [-0.3, -0.25) is 4.57 Å². The van der Waals surface area contributed by atoms with Crippen molar-refractivity contribution in [2.75, 3.05) is 0 Å². The van der Waals surface area contributed by atoms with Crippen LogP contribution in [-0.2, 0) is 0 Å². The molecule has 43 heavy (non-hydrogen) atoms. The third-order valence-electron chi connectivity index (χ3n) is 8.61. The van der Waals surface area contributed by atoms with Crippen molar-refractivity contribution in [1.29, 1.82) is 0 Å². The Morgan fingerprint density at radius 1 is 0.488 bits per heavy atom. The van der Waals surface area contributed by atoms with Crippen LogP contribution in [0.3, 0.4) is 0 Å². The van der Waals surface area contributed by atoms with Crippen LogP contribution in [0.2, 0.25) is 0 Å². The van der Waals surface area contributed by atoms with Crippen molar-refractivity contribution in [1.82, 2.24) is 14.5 Å². The summed E-state index contributed by atoms with van der Waals surface area (Å²) in [6, 6.07) is 45.7. The molecule has 4 heterocycles. The summed E-state index contributed by atoms with van der Waals surface area (Å²) in [6.45, 7) is 0. The highest BCUT2D eigenvalue weighted by Gasteiger charge is 2.23. The first-order chi connectivity index (χ1) is 21.3. The molecule has 0 atom stereocenters. The zero-order valence-corrected chi connectivity index (χ0v) is 24.4. The van der Waals surface area contributed by atoms with Gasteiger partial charge in [0, 0.05) is 46.6 Å². The van der Waals surface area contributed by atoms with Crippen LogP contribution in [0.25, 0.3) is 90.3 Å². The van der Waals surface area contributed by atoms with E-state index in [4.69, 9.17) is 9.97 Å². The molecule has 10 rings (SSSR count). The summed E-state index contributed by atoms with van der Waals surface area (Å²) in [5, 5.41) is 8.57. The molecule has 3 nitrogen and oxygen atoms in total. The van der Waals surface area contributed by atoms with Gasteiger partial charge in [-0.15, -0.1) is 22.7 Å². The van der Waals surface area contributed by atoms with Gasteiger partial charge in [0.15, 0.2) is 5.82 Å². The predicted octanol–water partition coefficient (Wildman–Crippen LogP) is 11.1. The van der Waals surface area contributed by atoms with Crippen molar-refractivity contribution >= 4 is 95.9 Å². The van der Waals surface area contributed by atoms with Crippen molar-refractivity contribution in [3.05, 3.63) is 127 Å². The Balaban J connectivity index is 1.41. The van der Waals surface area contributed by atoms with Crippen LogP contribution in [0.4, 0.5) is 0 Å². The summed E-state index contributed by atoms with van der Waals surface area (Å²) in [4.78, 5) is 12.0. The fraction of sp³-hybridized carbons (Fsp3) is 0. The van der Waals surface area contributed by atoms with E-state index in [0.29, 0.717) is 0 Å². The number of fused-ring (bicyclic) bond motifs is 10. The van der Waals surface area contributed by atoms with Crippen LogP contribution in [0.1, 0.15) is 0 Å². The van der Waals surface area contributed by atoms with Crippen molar-refractivity contribution in [2.45, 2.75) is 0 Å². The molecule has 0 aliphatic heterocycles. The lowest BCUT2D eigenvalue weighted by atomic mass is 10.1. The number of para-hydroxylation sites is 1. The van der Waals surface area contributed by atoms with Crippen LogP contribution in [-0.4, -0.2) is 14.5 Å². The number of hydrogen-bond donors (Lipinski definition) is 0. The van der Waals surface area contributed by atoms with Gasteiger partial charge in [-0.2, -0.15) is 0 Å². The highest BCUT2D eigenvalue weighted by Crippen LogP contribution is 2.44. The molecule has 10 aromatic rings. The van der Waals surface area contributed by atoms with E-state index in [-0.39, 0.29) is 0 Å². The minimum Gasteiger partial charge on any atom is -0.292 e. The standard InChI is InChI=1S/C38H21N3S2/c1-2-11-23-21-31-29(20-22(23)10-1)24-12-3-6-17-30(24)41(31)37-34(40-38-35(39-37)27-14-5-8-19-33(27)43-38)28-16-9-15-26-25-13-4-7-18-32(25)42-36(26)28/h1-21H. The minimum absolute atomic E-state index is 0.863. The Hall–Kier alpha value is -5.10. The molecule has 0 fully saturated rings. The van der Waals surface area contributed by atoms with Crippen LogP contribution < -0.4 is 0 Å². The van der Waals surface area contributed by atoms with E-state index < -0.39 is 0 Å². The Bertz CT molecular complexity index is 2750. The summed E-state index contributed by atoms with van der Waals surface area (Å²) >= 11 is 3.55. The zero-order chi connectivity index (χ0) is 28.1. The van der Waals surface area contributed by atoms with Crippen molar-refractivity contribution in [3.8, 4) is 17.1 Å². The summed E-state index contributed by atoms with van der Waals surface area (Å²) in [5.41, 5.74) is 5.25. The van der Waals surface area contributed by atoms with Crippen molar-refractivity contribution < 1.29 is 0 Å². The first-order valence-electron chi connectivity index (χ1n) is 14.3. The van der Waals surface area contributed by atoms with Crippen LogP contribution in [0.15, 0.2) is 127 Å². The van der Waals surface area contributed by atoms with E-state index in [9.17, 15) is 0 Å². The van der Waals surface area contributed by atoms with Crippen LogP contribution in [0, 0.1) is 0 Å². The van der Waals surface area contributed by atoms with E-state index in [1.807, 2.05) is 11.3 Å². The van der Waals surface area contributed by atoms with Gasteiger partial charge in [-0.25, -0.2) is 9.97 Å². The summed E-state index contributed by atoms with van der Waals surface area (Å²) in [5.74, 6) is 0.863. The first kappa shape index (κ1) is 23.5. The molecule has 0 radical (unpaired) electrons. The lowest BCUT2D eigenvalue weighted by molar-refractivity contribution is 1.09. The molecule has 0 aliphatic carbocycles. The second-order valence-corrected chi connectivity index (χ2v) is 13.1. The SMILES string of the molecule is c1ccc2cc3c(cc2c1)c1ccccc1n3-c1nc2c(nc1-c1cccc3c1sc1ccccc13)sc1ccccc12. The molecule has 0 N–H and O–H groups in total. The average Bonchev–Trinajstić information content (AvgIpc) is 3.72. The maximum Gasteiger partial charge on any atom is 0.165 e. The third-order valence-corrected chi connectivity index (χ3v) is 10.9. The topological polar surface area (TPSA) is 30.7 Å². The molecular formula is C38H21N3S2. The number of aromatic nitrogens is 3. The Morgan fingerprint density at radius 3 is 2.02 bits per heavy atom. The highest BCUT2D eigenvalue weighted by molar-refractivity contribution is 7.26. The van der Waals surface area contributed by atoms with Gasteiger partial charge in [-0.05, 0) is 41.1 Å². The fourth-order valence-corrected chi connectivity index (χ4v) is 8.90. The van der Waals surface area contributed by atoms with Crippen molar-refractivity contribution in [3.63, 3.8) is 0 Å². The lowest BCUT2D eigenvalue weighted by Gasteiger charge is -2.13. The monoisotopic (exact) mass is 583 g/mol. The Labute approximate surface area is 253 Å². The number of benzene rings is 6. The molecule has 0 aliphatic rings. The Morgan fingerprint density at radius 2 is 1.16 bits per heavy atom. The number of hydrogen-bond acceptors (Lipinski definition) is 4. The van der Waals surface area contributed by atoms with Gasteiger partial charge in [0.25, 0.3) is 0 Å². The average molecular weight is 584 g/mol. The van der Waals surface area contributed by atoms with Crippen LogP contribution in [0.5, 0.6) is 0 Å². The lowest BCUT2D eigenvalue weighted by Crippen LogP contribution is -2.03. The van der Waals surface area contributed by atoms with E-state index >= 15 is 0 Å². The van der Waals surface area contributed by atoms with Crippen molar-refractivity contribution in [2.24, 2.45) is 0 Å². The van der Waals surface area contributed by atoms with Gasteiger partial charge >= 0.3 is 0 Å². The minimum atomic E-state index is 0.863. The van der Waals surface area contributed by atoms with Gasteiger partial charge < -0.3 is 0 Å². The first-order valence-corrected chi connectivity index (χ1v) is 16.0. The van der Waals surface area contributed by atoms with Gasteiger partial charge in [0.2, 0.25) is 0 Å².